The van der Waals surface area contributed by atoms with Crippen molar-refractivity contribution in [3.63, 3.8) is 0 Å². The number of carbonyl (C=O) groups is 5. The fraction of sp³-hybridized carbons (Fsp3) is 0.762. The number of hydrogen-bond acceptors (Lipinski definition) is 8. The summed E-state index contributed by atoms with van der Waals surface area (Å²) < 4.78 is 0. The summed E-state index contributed by atoms with van der Waals surface area (Å²) in [5, 5.41) is 29.1. The smallest absolute Gasteiger partial charge is 0.326 e. The van der Waals surface area contributed by atoms with Crippen LogP contribution < -0.4 is 27.0 Å². The van der Waals surface area contributed by atoms with Crippen LogP contribution in [-0.2, 0) is 24.0 Å². The Balaban J connectivity index is 2.89. The zero-order valence-corrected chi connectivity index (χ0v) is 20.3. The van der Waals surface area contributed by atoms with Crippen molar-refractivity contribution in [2.75, 3.05) is 25.1 Å². The van der Waals surface area contributed by atoms with Gasteiger partial charge in [-0.15, -0.1) is 0 Å². The Labute approximate surface area is 203 Å². The summed E-state index contributed by atoms with van der Waals surface area (Å²) in [6.45, 7) is 1.10. The van der Waals surface area contributed by atoms with Crippen LogP contribution in [0.25, 0.3) is 0 Å². The van der Waals surface area contributed by atoms with E-state index in [2.05, 4.69) is 21.3 Å². The number of amides is 3. The minimum absolute atomic E-state index is 0.151. The number of carboxylic acids is 2. The maximum atomic E-state index is 13.0. The van der Waals surface area contributed by atoms with E-state index in [1.54, 1.807) is 0 Å². The first-order valence-electron chi connectivity index (χ1n) is 11.5. The topological polar surface area (TPSA) is 200 Å². The number of nitrogens with two attached hydrogens (primary N) is 1. The van der Waals surface area contributed by atoms with Crippen LogP contribution >= 0.6 is 11.8 Å². The molecular weight excluding hydrogens is 466 g/mol. The molecule has 0 spiro atoms. The second-order valence-corrected chi connectivity index (χ2v) is 9.15. The fourth-order valence-corrected chi connectivity index (χ4v) is 3.99. The van der Waals surface area contributed by atoms with E-state index >= 15 is 0 Å². The van der Waals surface area contributed by atoms with E-state index in [4.69, 9.17) is 10.8 Å². The number of unbranched alkanes of at least 4 members (excludes halogenated alkanes) is 1. The Hall–Kier alpha value is -2.38. The van der Waals surface area contributed by atoms with Crippen molar-refractivity contribution in [1.82, 2.24) is 21.3 Å². The first-order valence-corrected chi connectivity index (χ1v) is 12.9. The highest BCUT2D eigenvalue weighted by Crippen LogP contribution is 2.09. The molecule has 1 aliphatic rings. The van der Waals surface area contributed by atoms with Gasteiger partial charge in [0.25, 0.3) is 0 Å². The Bertz CT molecular complexity index is 703. The highest BCUT2D eigenvalue weighted by molar-refractivity contribution is 7.98. The summed E-state index contributed by atoms with van der Waals surface area (Å²) in [7, 11) is 0. The highest BCUT2D eigenvalue weighted by atomic mass is 32.2. The van der Waals surface area contributed by atoms with Crippen LogP contribution in [0.1, 0.15) is 51.4 Å². The van der Waals surface area contributed by atoms with Gasteiger partial charge in [0.2, 0.25) is 17.7 Å². The van der Waals surface area contributed by atoms with Crippen LogP contribution in [0.3, 0.4) is 0 Å². The van der Waals surface area contributed by atoms with Gasteiger partial charge in [0.15, 0.2) is 0 Å². The maximum Gasteiger partial charge on any atom is 0.326 e. The Kier molecular flexibility index (Phi) is 14.2. The van der Waals surface area contributed by atoms with Gasteiger partial charge in [-0.1, -0.05) is 0 Å². The van der Waals surface area contributed by atoms with E-state index < -0.39 is 48.3 Å². The second kappa shape index (κ2) is 16.3. The molecule has 1 saturated heterocycles. The van der Waals surface area contributed by atoms with Crippen molar-refractivity contribution < 1.29 is 34.2 Å². The standard InChI is InChI=1S/C21H37N5O7S/c1-34-12-9-15(25-18(29)13-6-4-11-23-13)20(31)24-14(7-8-17(27)28)19(30)26-16(21(32)33)5-2-3-10-22/h13-16,23H,2-12,22H2,1H3,(H,24,31)(H,25,29)(H,26,30)(H,27,28)(H,32,33). The first kappa shape index (κ1) is 29.7. The third-order valence-electron chi connectivity index (χ3n) is 5.46. The lowest BCUT2D eigenvalue weighted by Crippen LogP contribution is -2.57. The van der Waals surface area contributed by atoms with Gasteiger partial charge in [0.1, 0.15) is 18.1 Å². The van der Waals surface area contributed by atoms with Crippen molar-refractivity contribution >= 4 is 41.4 Å². The minimum Gasteiger partial charge on any atom is -0.481 e. The molecule has 1 heterocycles. The number of rotatable bonds is 17. The molecule has 4 atom stereocenters. The molecule has 1 rings (SSSR count). The van der Waals surface area contributed by atoms with E-state index in [0.717, 1.165) is 6.42 Å². The number of nitrogens with one attached hydrogen (secondary N) is 4. The van der Waals surface area contributed by atoms with Gasteiger partial charge in [-0.25, -0.2) is 4.79 Å². The van der Waals surface area contributed by atoms with Crippen LogP contribution in [-0.4, -0.2) is 89.1 Å². The van der Waals surface area contributed by atoms with Gasteiger partial charge in [-0.3, -0.25) is 19.2 Å². The molecule has 3 amide bonds. The van der Waals surface area contributed by atoms with Gasteiger partial charge >= 0.3 is 11.9 Å². The molecule has 0 saturated carbocycles. The fourth-order valence-electron chi connectivity index (χ4n) is 3.52. The van der Waals surface area contributed by atoms with Gasteiger partial charge in [0, 0.05) is 6.42 Å². The van der Waals surface area contributed by atoms with Gasteiger partial charge in [-0.2, -0.15) is 11.8 Å². The molecule has 0 aromatic heterocycles. The lowest BCUT2D eigenvalue weighted by Gasteiger charge is -2.25. The Morgan fingerprint density at radius 2 is 1.62 bits per heavy atom. The van der Waals surface area contributed by atoms with E-state index in [1.807, 2.05) is 6.26 Å². The van der Waals surface area contributed by atoms with Crippen molar-refractivity contribution in [2.24, 2.45) is 5.73 Å². The average Bonchev–Trinajstić information content (AvgIpc) is 3.33. The monoisotopic (exact) mass is 503 g/mol. The summed E-state index contributed by atoms with van der Waals surface area (Å²) >= 11 is 1.49. The molecule has 0 bridgehead atoms. The third kappa shape index (κ3) is 11.2. The van der Waals surface area contributed by atoms with Crippen molar-refractivity contribution in [3.8, 4) is 0 Å². The van der Waals surface area contributed by atoms with E-state index in [9.17, 15) is 29.1 Å². The lowest BCUT2D eigenvalue weighted by atomic mass is 10.1. The number of carboxylic acid groups (broad SMARTS) is 2. The number of hydrogen-bond donors (Lipinski definition) is 7. The largest absolute Gasteiger partial charge is 0.481 e. The lowest BCUT2D eigenvalue weighted by molar-refractivity contribution is -0.143. The molecule has 194 valence electrons. The Morgan fingerprint density at radius 3 is 2.15 bits per heavy atom. The van der Waals surface area contributed by atoms with Gasteiger partial charge in [0.05, 0.1) is 6.04 Å². The van der Waals surface area contributed by atoms with Crippen LogP contribution in [0, 0.1) is 0 Å². The van der Waals surface area contributed by atoms with Crippen molar-refractivity contribution in [3.05, 3.63) is 0 Å². The second-order valence-electron chi connectivity index (χ2n) is 8.17. The average molecular weight is 504 g/mol. The summed E-state index contributed by atoms with van der Waals surface area (Å²) in [4.78, 5) is 60.9. The SMILES string of the molecule is CSCCC(NC(=O)C1CCCN1)C(=O)NC(CCC(=O)O)C(=O)NC(CCCCN)C(=O)O. The highest BCUT2D eigenvalue weighted by Gasteiger charge is 2.31. The summed E-state index contributed by atoms with van der Waals surface area (Å²) in [5.41, 5.74) is 5.43. The summed E-state index contributed by atoms with van der Waals surface area (Å²) in [5.74, 6) is -3.54. The van der Waals surface area contributed by atoms with Crippen LogP contribution in [0.2, 0.25) is 0 Å². The number of aliphatic carboxylic acids is 2. The Morgan fingerprint density at radius 1 is 0.971 bits per heavy atom. The van der Waals surface area contributed by atoms with Crippen molar-refractivity contribution in [2.45, 2.75) is 75.5 Å². The molecule has 0 aromatic rings. The molecule has 0 aromatic carbocycles. The van der Waals surface area contributed by atoms with Crippen molar-refractivity contribution in [1.29, 1.82) is 0 Å². The molecule has 1 fully saturated rings. The quantitative estimate of drug-likeness (QED) is 0.121. The molecular formula is C21H37N5O7S. The molecule has 4 unspecified atom stereocenters. The number of thioether (sulfide) groups is 1. The van der Waals surface area contributed by atoms with Crippen LogP contribution in [0.4, 0.5) is 0 Å². The summed E-state index contributed by atoms with van der Waals surface area (Å²) in [6, 6.07) is -3.76. The predicted molar refractivity (Wildman–Crippen MR) is 127 cm³/mol. The molecule has 1 aliphatic heterocycles. The molecule has 8 N–H and O–H groups in total. The molecule has 0 aliphatic carbocycles. The minimum atomic E-state index is -1.27. The van der Waals surface area contributed by atoms with Crippen LogP contribution in [0.15, 0.2) is 0 Å². The van der Waals surface area contributed by atoms with Crippen LogP contribution in [0.5, 0.6) is 0 Å². The zero-order chi connectivity index (χ0) is 25.5. The van der Waals surface area contributed by atoms with Gasteiger partial charge < -0.3 is 37.2 Å². The molecule has 34 heavy (non-hydrogen) atoms. The zero-order valence-electron chi connectivity index (χ0n) is 19.5. The van der Waals surface area contributed by atoms with E-state index in [1.165, 1.54) is 11.8 Å². The first-order chi connectivity index (χ1) is 16.2. The van der Waals surface area contributed by atoms with Gasteiger partial charge in [-0.05, 0) is 70.0 Å². The predicted octanol–water partition coefficient (Wildman–Crippen LogP) is -0.976. The normalized spacial score (nSPS) is 17.9. The van der Waals surface area contributed by atoms with E-state index in [-0.39, 0.29) is 24.8 Å². The molecule has 12 nitrogen and oxygen atoms in total. The summed E-state index contributed by atoms with van der Waals surface area (Å²) in [6.07, 6.45) is 4.28. The maximum absolute atomic E-state index is 13.0. The van der Waals surface area contributed by atoms with E-state index in [0.29, 0.717) is 44.5 Å². The number of carbonyl (C=O) groups excluding carboxylic acids is 3. The molecule has 13 heteroatoms. The molecule has 0 radical (unpaired) electrons. The third-order valence-corrected chi connectivity index (χ3v) is 6.11.